The van der Waals surface area contributed by atoms with E-state index in [0.29, 0.717) is 18.9 Å². The third-order valence-electron chi connectivity index (χ3n) is 6.69. The molecule has 0 N–H and O–H groups in total. The van der Waals surface area contributed by atoms with Crippen LogP contribution >= 0.6 is 15.9 Å². The Morgan fingerprint density at radius 3 is 2.78 bits per heavy atom. The Hall–Kier alpha value is -0.490. The van der Waals surface area contributed by atoms with Crippen molar-refractivity contribution in [2.45, 2.75) is 54.6 Å². The average molecular weight is 381 g/mol. The van der Waals surface area contributed by atoms with Crippen LogP contribution in [0.15, 0.2) is 24.8 Å². The molecule has 124 valence electrons. The molecule has 1 unspecified atom stereocenters. The molecule has 0 aromatic heterocycles. The third kappa shape index (κ3) is 1.40. The number of hydrogen-bond acceptors (Lipinski definition) is 4. The minimum atomic E-state index is -0.759. The highest BCUT2D eigenvalue weighted by Crippen LogP contribution is 2.74. The molecule has 0 amide bonds. The minimum absolute atomic E-state index is 0.136. The van der Waals surface area contributed by atoms with Gasteiger partial charge in [0, 0.05) is 12.3 Å². The van der Waals surface area contributed by atoms with Gasteiger partial charge in [0.1, 0.15) is 16.5 Å². The average Bonchev–Trinajstić information content (AvgIpc) is 2.91. The molecule has 2 saturated heterocycles. The Bertz CT molecular complexity index is 657. The number of hydrogen-bond donors (Lipinski definition) is 0. The normalized spacial score (nSPS) is 57.6. The summed E-state index contributed by atoms with van der Waals surface area (Å²) in [4.78, 5) is 13.5. The van der Waals surface area contributed by atoms with Crippen LogP contribution in [0.4, 0.5) is 0 Å². The molecule has 5 rings (SSSR count). The van der Waals surface area contributed by atoms with E-state index < -0.39 is 15.7 Å². The number of rotatable bonds is 2. The standard InChI is InChI=1S/C18H21BrO4/c1-4-7-17-13(23-17)12-16(9-21-15(2,3)22-12)10-5-6-11(8-10)18(16,19)14(17)20/h4-6,10-13H,1,7-9H2,2-3H3/t10-,11+,12-,13?,16+,17+,18+/m0/s1. The SMILES string of the molecule is C=CC[C@@]12OC1[C@@H]1OC(C)(C)OC[C@@]13[C@H]1C=C[C@H](C1)[C@@]3(Br)C2=O. The largest absolute Gasteiger partial charge is 0.354 e. The van der Waals surface area contributed by atoms with E-state index in [-0.39, 0.29) is 29.3 Å². The van der Waals surface area contributed by atoms with Crippen LogP contribution in [0.5, 0.6) is 0 Å². The van der Waals surface area contributed by atoms with Gasteiger partial charge in [0.05, 0.1) is 12.0 Å². The summed E-state index contributed by atoms with van der Waals surface area (Å²) in [7, 11) is 0. The highest BCUT2D eigenvalue weighted by molar-refractivity contribution is 9.10. The Kier molecular flexibility index (Phi) is 2.58. The predicted molar refractivity (Wildman–Crippen MR) is 87.2 cm³/mol. The maximum Gasteiger partial charge on any atom is 0.185 e. The van der Waals surface area contributed by atoms with Crippen LogP contribution in [0.1, 0.15) is 26.7 Å². The molecule has 5 aliphatic rings. The van der Waals surface area contributed by atoms with Crippen molar-refractivity contribution in [2.24, 2.45) is 17.3 Å². The number of halogens is 1. The molecule has 7 atom stereocenters. The first-order chi connectivity index (χ1) is 10.8. The van der Waals surface area contributed by atoms with Crippen LogP contribution < -0.4 is 0 Å². The number of carbonyl (C=O) groups excluding carboxylic acids is 1. The van der Waals surface area contributed by atoms with Crippen LogP contribution in [0.2, 0.25) is 0 Å². The number of fused-ring (bicyclic) bond motifs is 5. The van der Waals surface area contributed by atoms with E-state index in [0.717, 1.165) is 6.42 Å². The lowest BCUT2D eigenvalue weighted by molar-refractivity contribution is -0.330. The number of allylic oxidation sites excluding steroid dienone is 2. The lowest BCUT2D eigenvalue weighted by atomic mass is 9.56. The summed E-state index contributed by atoms with van der Waals surface area (Å²) >= 11 is 3.91. The second-order valence-electron chi connectivity index (χ2n) is 8.06. The fourth-order valence-corrected chi connectivity index (χ4v) is 6.92. The molecule has 2 saturated carbocycles. The highest BCUT2D eigenvalue weighted by Gasteiger charge is 2.86. The Balaban J connectivity index is 1.70. The van der Waals surface area contributed by atoms with Gasteiger partial charge in [-0.1, -0.05) is 34.2 Å². The summed E-state index contributed by atoms with van der Waals surface area (Å²) in [5.41, 5.74) is -1.13. The fraction of sp³-hybridized carbons (Fsp3) is 0.722. The van der Waals surface area contributed by atoms with E-state index >= 15 is 0 Å². The molecule has 3 aliphatic carbocycles. The number of carbonyl (C=O) groups is 1. The van der Waals surface area contributed by atoms with Gasteiger partial charge in [-0.15, -0.1) is 6.58 Å². The second kappa shape index (κ2) is 4.01. The first kappa shape index (κ1) is 14.8. The number of Topliss-reactive ketones (excluding diaryl/α,β-unsaturated/α-hetero) is 1. The minimum Gasteiger partial charge on any atom is -0.354 e. The van der Waals surface area contributed by atoms with Gasteiger partial charge in [0.2, 0.25) is 0 Å². The van der Waals surface area contributed by atoms with Crippen molar-refractivity contribution in [3.63, 3.8) is 0 Å². The van der Waals surface area contributed by atoms with Gasteiger partial charge >= 0.3 is 0 Å². The molecule has 5 heteroatoms. The first-order valence-corrected chi connectivity index (χ1v) is 9.14. The molecule has 0 aromatic rings. The van der Waals surface area contributed by atoms with Gasteiger partial charge in [0.25, 0.3) is 0 Å². The molecule has 2 heterocycles. The molecular formula is C18H21BrO4. The zero-order valence-electron chi connectivity index (χ0n) is 13.4. The molecule has 0 radical (unpaired) electrons. The molecule has 4 fully saturated rings. The zero-order valence-corrected chi connectivity index (χ0v) is 15.0. The van der Waals surface area contributed by atoms with Crippen molar-refractivity contribution >= 4 is 21.7 Å². The maximum absolute atomic E-state index is 13.5. The topological polar surface area (TPSA) is 48.1 Å². The molecule has 4 nitrogen and oxygen atoms in total. The number of ketones is 1. The first-order valence-electron chi connectivity index (χ1n) is 8.34. The lowest BCUT2D eigenvalue weighted by Gasteiger charge is -2.58. The van der Waals surface area contributed by atoms with Gasteiger partial charge in [-0.05, 0) is 26.2 Å². The Morgan fingerprint density at radius 1 is 1.30 bits per heavy atom. The number of ether oxygens (including phenoxy) is 3. The summed E-state index contributed by atoms with van der Waals surface area (Å²) in [6.07, 6.45) is 7.43. The summed E-state index contributed by atoms with van der Waals surface area (Å²) < 4.78 is 17.8. The quantitative estimate of drug-likeness (QED) is 0.419. The van der Waals surface area contributed by atoms with Crippen molar-refractivity contribution in [3.8, 4) is 0 Å². The maximum atomic E-state index is 13.5. The lowest BCUT2D eigenvalue weighted by Crippen LogP contribution is -2.72. The van der Waals surface area contributed by atoms with Crippen LogP contribution in [0, 0.1) is 17.3 Å². The highest BCUT2D eigenvalue weighted by atomic mass is 79.9. The van der Waals surface area contributed by atoms with E-state index in [4.69, 9.17) is 14.2 Å². The molecular weight excluding hydrogens is 360 g/mol. The van der Waals surface area contributed by atoms with E-state index in [9.17, 15) is 4.79 Å². The smallest absolute Gasteiger partial charge is 0.185 e. The van der Waals surface area contributed by atoms with Gasteiger partial charge in [-0.3, -0.25) is 4.79 Å². The van der Waals surface area contributed by atoms with Gasteiger partial charge < -0.3 is 14.2 Å². The Morgan fingerprint density at radius 2 is 2.04 bits per heavy atom. The molecule has 2 aliphatic heterocycles. The summed E-state index contributed by atoms with van der Waals surface area (Å²) in [6, 6.07) is 0. The van der Waals surface area contributed by atoms with Crippen LogP contribution in [0.25, 0.3) is 0 Å². The van der Waals surface area contributed by atoms with Crippen molar-refractivity contribution in [1.82, 2.24) is 0 Å². The van der Waals surface area contributed by atoms with Crippen molar-refractivity contribution < 1.29 is 19.0 Å². The molecule has 1 spiro atoms. The number of alkyl halides is 1. The van der Waals surface area contributed by atoms with E-state index in [1.807, 2.05) is 13.8 Å². The molecule has 0 aromatic carbocycles. The van der Waals surface area contributed by atoms with Crippen LogP contribution in [-0.2, 0) is 19.0 Å². The molecule has 23 heavy (non-hydrogen) atoms. The van der Waals surface area contributed by atoms with E-state index in [1.165, 1.54) is 0 Å². The fourth-order valence-electron chi connectivity index (χ4n) is 5.61. The van der Waals surface area contributed by atoms with Crippen molar-refractivity contribution in [3.05, 3.63) is 24.8 Å². The summed E-state index contributed by atoms with van der Waals surface area (Å²) in [6.45, 7) is 8.22. The Labute approximate surface area is 144 Å². The predicted octanol–water partition coefficient (Wildman–Crippen LogP) is 2.76. The zero-order chi connectivity index (χ0) is 16.3. The summed E-state index contributed by atoms with van der Waals surface area (Å²) in [5.74, 6) is -0.0118. The molecule has 2 bridgehead atoms. The van der Waals surface area contributed by atoms with Gasteiger partial charge in [-0.2, -0.15) is 0 Å². The van der Waals surface area contributed by atoms with Gasteiger partial charge in [-0.25, -0.2) is 0 Å². The van der Waals surface area contributed by atoms with Crippen molar-refractivity contribution in [2.75, 3.05) is 6.61 Å². The number of epoxide rings is 1. The van der Waals surface area contributed by atoms with E-state index in [2.05, 4.69) is 34.7 Å². The van der Waals surface area contributed by atoms with E-state index in [1.54, 1.807) is 6.08 Å². The van der Waals surface area contributed by atoms with Crippen molar-refractivity contribution in [1.29, 1.82) is 0 Å². The third-order valence-corrected chi connectivity index (χ3v) is 8.37. The monoisotopic (exact) mass is 380 g/mol. The van der Waals surface area contributed by atoms with Crippen LogP contribution in [-0.4, -0.2) is 40.3 Å². The van der Waals surface area contributed by atoms with Gasteiger partial charge in [0.15, 0.2) is 17.2 Å². The second-order valence-corrected chi connectivity index (χ2v) is 9.31. The van der Waals surface area contributed by atoms with Crippen LogP contribution in [0.3, 0.4) is 0 Å². The summed E-state index contributed by atoms with van der Waals surface area (Å²) in [5, 5.41) is 0.